The van der Waals surface area contributed by atoms with Crippen molar-refractivity contribution >= 4 is 5.78 Å². The Bertz CT molecular complexity index is 426. The Labute approximate surface area is 105 Å². The summed E-state index contributed by atoms with van der Waals surface area (Å²) in [5.41, 5.74) is -0.231. The summed E-state index contributed by atoms with van der Waals surface area (Å²) in [6.07, 6.45) is 5.38. The van der Waals surface area contributed by atoms with Crippen LogP contribution >= 0.6 is 0 Å². The third-order valence-electron chi connectivity index (χ3n) is 3.23. The number of Topliss-reactive ketones (excluding diaryl/α,β-unsaturated/α-hetero) is 1. The van der Waals surface area contributed by atoms with Gasteiger partial charge in [-0.1, -0.05) is 19.3 Å². The minimum Gasteiger partial charge on any atom is -0.370 e. The van der Waals surface area contributed by atoms with Gasteiger partial charge in [0.2, 0.25) is 0 Å². The van der Waals surface area contributed by atoms with Crippen LogP contribution in [0.5, 0.6) is 0 Å². The molecule has 0 radical (unpaired) electrons. The first-order valence-electron chi connectivity index (χ1n) is 6.26. The third-order valence-corrected chi connectivity index (χ3v) is 3.23. The third kappa shape index (κ3) is 3.35. The number of halogens is 2. The van der Waals surface area contributed by atoms with E-state index in [-0.39, 0.29) is 18.3 Å². The summed E-state index contributed by atoms with van der Waals surface area (Å²) in [5.74, 6) is -1.82. The van der Waals surface area contributed by atoms with Crippen LogP contribution in [0.1, 0.15) is 42.5 Å². The second-order valence-corrected chi connectivity index (χ2v) is 4.62. The van der Waals surface area contributed by atoms with Crippen molar-refractivity contribution in [2.24, 2.45) is 0 Å². The molecule has 1 aromatic rings. The number of rotatable bonds is 4. The van der Waals surface area contributed by atoms with Gasteiger partial charge < -0.3 is 4.74 Å². The van der Waals surface area contributed by atoms with E-state index in [0.29, 0.717) is 0 Å². The Hall–Kier alpha value is -1.29. The summed E-state index contributed by atoms with van der Waals surface area (Å²) in [5, 5.41) is 0. The zero-order valence-corrected chi connectivity index (χ0v) is 10.1. The second kappa shape index (κ2) is 6.05. The number of ether oxygens (including phenoxy) is 1. The molecule has 2 nitrogen and oxygen atoms in total. The molecule has 18 heavy (non-hydrogen) atoms. The van der Waals surface area contributed by atoms with Crippen molar-refractivity contribution < 1.29 is 18.3 Å². The van der Waals surface area contributed by atoms with Gasteiger partial charge in [0.1, 0.15) is 18.2 Å². The lowest BCUT2D eigenvalue weighted by atomic mass is 9.98. The topological polar surface area (TPSA) is 26.3 Å². The number of carbonyl (C=O) groups is 1. The van der Waals surface area contributed by atoms with Crippen LogP contribution in [0.4, 0.5) is 8.78 Å². The van der Waals surface area contributed by atoms with Gasteiger partial charge in [-0.3, -0.25) is 4.79 Å². The average Bonchev–Trinajstić information content (AvgIpc) is 2.40. The molecule has 0 heterocycles. The number of hydrogen-bond donors (Lipinski definition) is 0. The maximum atomic E-state index is 13.3. The molecule has 0 bridgehead atoms. The van der Waals surface area contributed by atoms with Gasteiger partial charge >= 0.3 is 0 Å². The molecule has 0 aromatic heterocycles. The summed E-state index contributed by atoms with van der Waals surface area (Å²) >= 11 is 0. The van der Waals surface area contributed by atoms with Crippen LogP contribution in [0.3, 0.4) is 0 Å². The predicted molar refractivity (Wildman–Crippen MR) is 63.5 cm³/mol. The molecule has 0 saturated heterocycles. The summed E-state index contributed by atoms with van der Waals surface area (Å²) in [6, 6.07) is 2.87. The van der Waals surface area contributed by atoms with Crippen molar-refractivity contribution in [3.05, 3.63) is 35.4 Å². The molecule has 0 atom stereocenters. The molecule has 4 heteroatoms. The zero-order chi connectivity index (χ0) is 13.0. The molecule has 1 saturated carbocycles. The van der Waals surface area contributed by atoms with E-state index in [1.54, 1.807) is 0 Å². The molecule has 0 spiro atoms. The molecule has 1 aliphatic rings. The lowest BCUT2D eigenvalue weighted by Gasteiger charge is -2.21. The first-order valence-corrected chi connectivity index (χ1v) is 6.26. The fourth-order valence-electron chi connectivity index (χ4n) is 2.21. The molecular weight excluding hydrogens is 238 g/mol. The van der Waals surface area contributed by atoms with Gasteiger partial charge in [0.05, 0.1) is 11.7 Å². The van der Waals surface area contributed by atoms with Crippen molar-refractivity contribution in [2.45, 2.75) is 38.2 Å². The fraction of sp³-hybridized carbons (Fsp3) is 0.500. The Morgan fingerprint density at radius 3 is 2.67 bits per heavy atom. The molecule has 0 aliphatic heterocycles. The van der Waals surface area contributed by atoms with Gasteiger partial charge in [0, 0.05) is 0 Å². The lowest BCUT2D eigenvalue weighted by Crippen LogP contribution is -2.21. The molecule has 1 aromatic carbocycles. The first kappa shape index (κ1) is 13.1. The van der Waals surface area contributed by atoms with Crippen molar-refractivity contribution in [1.29, 1.82) is 0 Å². The van der Waals surface area contributed by atoms with Gasteiger partial charge in [-0.15, -0.1) is 0 Å². The van der Waals surface area contributed by atoms with Gasteiger partial charge in [-0.05, 0) is 31.0 Å². The molecule has 98 valence electrons. The highest BCUT2D eigenvalue weighted by Crippen LogP contribution is 2.20. The second-order valence-electron chi connectivity index (χ2n) is 4.62. The summed E-state index contributed by atoms with van der Waals surface area (Å²) in [6.45, 7) is -0.176. The SMILES string of the molecule is O=C(COC1CCCCC1)c1cc(F)ccc1F. The van der Waals surface area contributed by atoms with Crippen molar-refractivity contribution in [1.82, 2.24) is 0 Å². The number of hydrogen-bond acceptors (Lipinski definition) is 2. The Morgan fingerprint density at radius 1 is 1.22 bits per heavy atom. The minimum atomic E-state index is -0.700. The highest BCUT2D eigenvalue weighted by Gasteiger charge is 2.18. The summed E-state index contributed by atoms with van der Waals surface area (Å²) < 4.78 is 31.7. The van der Waals surface area contributed by atoms with E-state index in [0.717, 1.165) is 43.9 Å². The molecule has 0 N–H and O–H groups in total. The number of carbonyl (C=O) groups excluding carboxylic acids is 1. The highest BCUT2D eigenvalue weighted by molar-refractivity contribution is 5.97. The monoisotopic (exact) mass is 254 g/mol. The van der Waals surface area contributed by atoms with E-state index < -0.39 is 17.4 Å². The van der Waals surface area contributed by atoms with E-state index in [4.69, 9.17) is 4.74 Å². The largest absolute Gasteiger partial charge is 0.370 e. The van der Waals surface area contributed by atoms with Crippen LogP contribution in [0, 0.1) is 11.6 Å². The van der Waals surface area contributed by atoms with E-state index in [1.165, 1.54) is 6.42 Å². The lowest BCUT2D eigenvalue weighted by molar-refractivity contribution is 0.0282. The summed E-state index contributed by atoms with van der Waals surface area (Å²) in [4.78, 5) is 11.7. The van der Waals surface area contributed by atoms with Crippen molar-refractivity contribution in [2.75, 3.05) is 6.61 Å². The van der Waals surface area contributed by atoms with Crippen molar-refractivity contribution in [3.63, 3.8) is 0 Å². The van der Waals surface area contributed by atoms with Gasteiger partial charge in [0.25, 0.3) is 0 Å². The number of ketones is 1. The molecular formula is C14H16F2O2. The molecule has 2 rings (SSSR count). The smallest absolute Gasteiger partial charge is 0.191 e. The Balaban J connectivity index is 1.92. The molecule has 1 fully saturated rings. The van der Waals surface area contributed by atoms with Crippen LogP contribution in [0.25, 0.3) is 0 Å². The fourth-order valence-corrected chi connectivity index (χ4v) is 2.21. The normalized spacial score (nSPS) is 16.8. The number of benzene rings is 1. The van der Waals surface area contributed by atoms with Crippen molar-refractivity contribution in [3.8, 4) is 0 Å². The Morgan fingerprint density at radius 2 is 1.94 bits per heavy atom. The van der Waals surface area contributed by atoms with Crippen LogP contribution in [0.2, 0.25) is 0 Å². The first-order chi connectivity index (χ1) is 8.66. The van der Waals surface area contributed by atoms with Crippen LogP contribution < -0.4 is 0 Å². The Kier molecular flexibility index (Phi) is 4.42. The maximum absolute atomic E-state index is 13.3. The zero-order valence-electron chi connectivity index (χ0n) is 10.1. The quantitative estimate of drug-likeness (QED) is 0.769. The summed E-state index contributed by atoms with van der Waals surface area (Å²) in [7, 11) is 0. The van der Waals surface area contributed by atoms with Crippen LogP contribution in [0.15, 0.2) is 18.2 Å². The minimum absolute atomic E-state index is 0.0827. The van der Waals surface area contributed by atoms with Crippen LogP contribution in [-0.2, 0) is 4.74 Å². The predicted octanol–water partition coefficient (Wildman–Crippen LogP) is 3.50. The van der Waals surface area contributed by atoms with Gasteiger partial charge in [-0.2, -0.15) is 0 Å². The molecule has 1 aliphatic carbocycles. The van der Waals surface area contributed by atoms with Gasteiger partial charge in [0.15, 0.2) is 5.78 Å². The van der Waals surface area contributed by atoms with Crippen LogP contribution in [-0.4, -0.2) is 18.5 Å². The van der Waals surface area contributed by atoms with E-state index >= 15 is 0 Å². The van der Waals surface area contributed by atoms with E-state index in [9.17, 15) is 13.6 Å². The maximum Gasteiger partial charge on any atom is 0.191 e. The average molecular weight is 254 g/mol. The molecule has 0 amide bonds. The van der Waals surface area contributed by atoms with Gasteiger partial charge in [-0.25, -0.2) is 8.78 Å². The van der Waals surface area contributed by atoms with E-state index in [1.807, 2.05) is 0 Å². The standard InChI is InChI=1S/C14H16F2O2/c15-10-6-7-13(16)12(8-10)14(17)9-18-11-4-2-1-3-5-11/h6-8,11H,1-5,9H2. The highest BCUT2D eigenvalue weighted by atomic mass is 19.1. The molecule has 0 unspecified atom stereocenters. The van der Waals surface area contributed by atoms with E-state index in [2.05, 4.69) is 0 Å².